The van der Waals surface area contributed by atoms with Crippen LogP contribution in [-0.4, -0.2) is 54.1 Å². The Labute approximate surface area is 113 Å². The van der Waals surface area contributed by atoms with Gasteiger partial charge >= 0.3 is 0 Å². The predicted octanol–water partition coefficient (Wildman–Crippen LogP) is 1.14. The monoisotopic (exact) mass is 266 g/mol. The Morgan fingerprint density at radius 3 is 2.83 bits per heavy atom. The lowest BCUT2D eigenvalue weighted by Crippen LogP contribution is -2.43. The molecule has 100 valence electrons. The minimum absolute atomic E-state index is 0.773. The molecule has 1 N–H and O–H groups in total. The van der Waals surface area contributed by atoms with Gasteiger partial charge in [-0.25, -0.2) is 4.98 Å². The molecule has 4 nitrogen and oxygen atoms in total. The molecule has 18 heavy (non-hydrogen) atoms. The molecule has 0 aromatic carbocycles. The van der Waals surface area contributed by atoms with Crippen LogP contribution in [0.5, 0.6) is 0 Å². The SMILES string of the molecule is CN1CCN(Cc2csc(CNC3CC3)n2)CC1. The van der Waals surface area contributed by atoms with Crippen LogP contribution in [0, 0.1) is 0 Å². The average Bonchev–Trinajstić information content (AvgIpc) is 3.10. The number of hydrogen-bond acceptors (Lipinski definition) is 5. The average molecular weight is 266 g/mol. The summed E-state index contributed by atoms with van der Waals surface area (Å²) in [6, 6.07) is 0.773. The molecule has 0 bridgehead atoms. The number of aromatic nitrogens is 1. The second-order valence-corrected chi connectivity index (χ2v) is 6.41. The van der Waals surface area contributed by atoms with Crippen molar-refractivity contribution in [2.75, 3.05) is 33.2 Å². The minimum Gasteiger partial charge on any atom is -0.308 e. The van der Waals surface area contributed by atoms with Gasteiger partial charge in [-0.05, 0) is 19.9 Å². The third-order valence-corrected chi connectivity index (χ3v) is 4.60. The van der Waals surface area contributed by atoms with Crippen LogP contribution in [0.4, 0.5) is 0 Å². The van der Waals surface area contributed by atoms with E-state index in [4.69, 9.17) is 4.98 Å². The molecule has 1 saturated carbocycles. The van der Waals surface area contributed by atoms with Crippen molar-refractivity contribution >= 4 is 11.3 Å². The van der Waals surface area contributed by atoms with Crippen molar-refractivity contribution in [2.45, 2.75) is 32.0 Å². The minimum atomic E-state index is 0.773. The predicted molar refractivity (Wildman–Crippen MR) is 74.7 cm³/mol. The first-order chi connectivity index (χ1) is 8.79. The van der Waals surface area contributed by atoms with Crippen molar-refractivity contribution in [1.82, 2.24) is 20.1 Å². The Balaban J connectivity index is 1.46. The summed E-state index contributed by atoms with van der Waals surface area (Å²) in [6.45, 7) is 6.68. The molecule has 0 atom stereocenters. The third kappa shape index (κ3) is 3.51. The maximum atomic E-state index is 4.72. The lowest BCUT2D eigenvalue weighted by atomic mass is 10.3. The molecule has 2 aliphatic rings. The number of hydrogen-bond donors (Lipinski definition) is 1. The van der Waals surface area contributed by atoms with Gasteiger partial charge in [-0.15, -0.1) is 11.3 Å². The second kappa shape index (κ2) is 5.65. The van der Waals surface area contributed by atoms with Crippen LogP contribution in [0.1, 0.15) is 23.5 Å². The maximum absolute atomic E-state index is 4.72. The lowest BCUT2D eigenvalue weighted by molar-refractivity contribution is 0.147. The summed E-state index contributed by atoms with van der Waals surface area (Å²) in [7, 11) is 2.20. The fourth-order valence-electron chi connectivity index (χ4n) is 2.26. The molecule has 1 aliphatic carbocycles. The van der Waals surface area contributed by atoms with Crippen molar-refractivity contribution in [3.05, 3.63) is 16.1 Å². The smallest absolute Gasteiger partial charge is 0.107 e. The summed E-state index contributed by atoms with van der Waals surface area (Å²) in [5.74, 6) is 0. The maximum Gasteiger partial charge on any atom is 0.107 e. The molecule has 1 aromatic rings. The Morgan fingerprint density at radius 1 is 1.33 bits per heavy atom. The zero-order chi connectivity index (χ0) is 12.4. The van der Waals surface area contributed by atoms with Crippen LogP contribution < -0.4 is 5.32 Å². The molecular formula is C13H22N4S. The van der Waals surface area contributed by atoms with Crippen LogP contribution in [0.15, 0.2) is 5.38 Å². The fraction of sp³-hybridized carbons (Fsp3) is 0.769. The van der Waals surface area contributed by atoms with Crippen molar-refractivity contribution in [2.24, 2.45) is 0 Å². The zero-order valence-electron chi connectivity index (χ0n) is 11.1. The van der Waals surface area contributed by atoms with Gasteiger partial charge in [-0.2, -0.15) is 0 Å². The highest BCUT2D eigenvalue weighted by Crippen LogP contribution is 2.20. The molecule has 1 aromatic heterocycles. The Hall–Kier alpha value is -0.490. The molecule has 0 unspecified atom stereocenters. The number of piperazine rings is 1. The largest absolute Gasteiger partial charge is 0.308 e. The first kappa shape index (κ1) is 12.5. The molecule has 0 amide bonds. The van der Waals surface area contributed by atoms with Crippen LogP contribution in [0.3, 0.4) is 0 Å². The summed E-state index contributed by atoms with van der Waals surface area (Å²) in [4.78, 5) is 9.62. The van der Waals surface area contributed by atoms with Crippen molar-refractivity contribution < 1.29 is 0 Å². The molecular weight excluding hydrogens is 244 g/mol. The van der Waals surface area contributed by atoms with Gasteiger partial charge < -0.3 is 10.2 Å². The summed E-state index contributed by atoms with van der Waals surface area (Å²) in [5.41, 5.74) is 1.25. The lowest BCUT2D eigenvalue weighted by Gasteiger charge is -2.31. The highest BCUT2D eigenvalue weighted by Gasteiger charge is 2.20. The fourth-order valence-corrected chi connectivity index (χ4v) is 2.99. The summed E-state index contributed by atoms with van der Waals surface area (Å²) in [5, 5.41) is 6.99. The van der Waals surface area contributed by atoms with Crippen LogP contribution >= 0.6 is 11.3 Å². The van der Waals surface area contributed by atoms with E-state index in [0.717, 1.165) is 19.1 Å². The van der Waals surface area contributed by atoms with E-state index >= 15 is 0 Å². The summed E-state index contributed by atoms with van der Waals surface area (Å²) >= 11 is 1.80. The topological polar surface area (TPSA) is 31.4 Å². The first-order valence-electron chi connectivity index (χ1n) is 6.87. The molecule has 0 radical (unpaired) electrons. The van der Waals surface area contributed by atoms with Gasteiger partial charge in [0.05, 0.1) is 5.69 Å². The molecule has 1 aliphatic heterocycles. The van der Waals surface area contributed by atoms with E-state index in [-0.39, 0.29) is 0 Å². The van der Waals surface area contributed by atoms with Gasteiger partial charge in [-0.3, -0.25) is 4.90 Å². The van der Waals surface area contributed by atoms with Gasteiger partial charge in [0.2, 0.25) is 0 Å². The van der Waals surface area contributed by atoms with Gasteiger partial charge in [0.15, 0.2) is 0 Å². The highest BCUT2D eigenvalue weighted by molar-refractivity contribution is 7.09. The van der Waals surface area contributed by atoms with E-state index in [1.54, 1.807) is 11.3 Å². The molecule has 0 spiro atoms. The van der Waals surface area contributed by atoms with Crippen molar-refractivity contribution in [3.63, 3.8) is 0 Å². The molecule has 2 heterocycles. The quantitative estimate of drug-likeness (QED) is 0.866. The van der Waals surface area contributed by atoms with E-state index in [0.29, 0.717) is 0 Å². The van der Waals surface area contributed by atoms with E-state index in [1.165, 1.54) is 49.7 Å². The van der Waals surface area contributed by atoms with Gasteiger partial charge in [0.25, 0.3) is 0 Å². The van der Waals surface area contributed by atoms with E-state index in [1.807, 2.05) is 0 Å². The van der Waals surface area contributed by atoms with Crippen LogP contribution in [-0.2, 0) is 13.1 Å². The number of rotatable bonds is 5. The summed E-state index contributed by atoms with van der Waals surface area (Å²) in [6.07, 6.45) is 2.69. The van der Waals surface area contributed by atoms with Gasteiger partial charge in [-0.1, -0.05) is 0 Å². The van der Waals surface area contributed by atoms with E-state index in [9.17, 15) is 0 Å². The molecule has 1 saturated heterocycles. The second-order valence-electron chi connectivity index (χ2n) is 5.47. The molecule has 3 rings (SSSR count). The third-order valence-electron chi connectivity index (χ3n) is 3.70. The van der Waals surface area contributed by atoms with E-state index < -0.39 is 0 Å². The number of nitrogens with zero attached hydrogens (tertiary/aromatic N) is 3. The van der Waals surface area contributed by atoms with Gasteiger partial charge in [0.1, 0.15) is 5.01 Å². The Kier molecular flexibility index (Phi) is 3.94. The summed E-state index contributed by atoms with van der Waals surface area (Å²) < 4.78 is 0. The Bertz CT molecular complexity index is 380. The molecule has 5 heteroatoms. The van der Waals surface area contributed by atoms with Gasteiger partial charge in [0, 0.05) is 50.7 Å². The van der Waals surface area contributed by atoms with Crippen LogP contribution in [0.2, 0.25) is 0 Å². The van der Waals surface area contributed by atoms with E-state index in [2.05, 4.69) is 27.5 Å². The van der Waals surface area contributed by atoms with Crippen molar-refractivity contribution in [3.8, 4) is 0 Å². The highest BCUT2D eigenvalue weighted by atomic mass is 32.1. The van der Waals surface area contributed by atoms with Crippen molar-refractivity contribution in [1.29, 1.82) is 0 Å². The number of nitrogens with one attached hydrogen (secondary N) is 1. The Morgan fingerprint density at radius 2 is 2.11 bits per heavy atom. The standard InChI is InChI=1S/C13H22N4S/c1-16-4-6-17(7-5-16)9-12-10-18-13(15-12)8-14-11-2-3-11/h10-11,14H,2-9H2,1H3. The number of likely N-dealkylation sites (N-methyl/N-ethyl adjacent to an activating group) is 1. The normalized spacial score (nSPS) is 22.5. The number of thiazole rings is 1. The first-order valence-corrected chi connectivity index (χ1v) is 7.75. The molecule has 2 fully saturated rings. The zero-order valence-corrected chi connectivity index (χ0v) is 11.9. The van der Waals surface area contributed by atoms with Crippen LogP contribution in [0.25, 0.3) is 0 Å².